The van der Waals surface area contributed by atoms with E-state index < -0.39 is 12.0 Å². The van der Waals surface area contributed by atoms with E-state index in [-0.39, 0.29) is 6.42 Å². The average Bonchev–Trinajstić information content (AvgIpc) is 2.95. The highest BCUT2D eigenvalue weighted by molar-refractivity contribution is 5.86. The van der Waals surface area contributed by atoms with Gasteiger partial charge in [0.05, 0.1) is 23.1 Å². The fourth-order valence-electron chi connectivity index (χ4n) is 2.11. The lowest BCUT2D eigenvalue weighted by Crippen LogP contribution is -2.32. The predicted octanol–water partition coefficient (Wildman–Crippen LogP) is 0.770. The normalized spacial score (nSPS) is 12.4. The van der Waals surface area contributed by atoms with Crippen LogP contribution in [-0.2, 0) is 11.2 Å². The summed E-state index contributed by atoms with van der Waals surface area (Å²) < 4.78 is 1.61. The van der Waals surface area contributed by atoms with Gasteiger partial charge in [-0.2, -0.15) is 0 Å². The number of aliphatic carboxylic acids is 1. The van der Waals surface area contributed by atoms with Crippen molar-refractivity contribution in [3.8, 4) is 5.69 Å². The van der Waals surface area contributed by atoms with Crippen LogP contribution in [0.5, 0.6) is 0 Å². The second-order valence-corrected chi connectivity index (χ2v) is 4.65. The Labute approximate surface area is 120 Å². The van der Waals surface area contributed by atoms with Crippen molar-refractivity contribution in [1.29, 1.82) is 0 Å². The highest BCUT2D eigenvalue weighted by Gasteiger charge is 2.15. The van der Waals surface area contributed by atoms with Crippen LogP contribution in [0.1, 0.15) is 5.69 Å². The summed E-state index contributed by atoms with van der Waals surface area (Å²) in [5.74, 6) is -1.06. The molecule has 1 atom stereocenters. The Morgan fingerprint density at radius 1 is 1.33 bits per heavy atom. The Morgan fingerprint density at radius 3 is 3.00 bits per heavy atom. The zero-order valence-electron chi connectivity index (χ0n) is 11.0. The summed E-state index contributed by atoms with van der Waals surface area (Å²) in [4.78, 5) is 15.1. The van der Waals surface area contributed by atoms with E-state index in [0.29, 0.717) is 5.69 Å². The van der Waals surface area contributed by atoms with Crippen molar-refractivity contribution in [2.45, 2.75) is 12.5 Å². The molecule has 0 fully saturated rings. The monoisotopic (exact) mass is 283 g/mol. The number of carboxylic acids is 1. The third-order valence-electron chi connectivity index (χ3n) is 3.16. The van der Waals surface area contributed by atoms with E-state index in [1.54, 1.807) is 17.1 Å². The van der Waals surface area contributed by atoms with E-state index in [4.69, 9.17) is 10.8 Å². The van der Waals surface area contributed by atoms with Crippen molar-refractivity contribution in [3.05, 3.63) is 48.4 Å². The summed E-state index contributed by atoms with van der Waals surface area (Å²) in [7, 11) is 0. The molecule has 0 aliphatic heterocycles. The van der Waals surface area contributed by atoms with Gasteiger partial charge in [-0.15, -0.1) is 5.10 Å². The van der Waals surface area contributed by atoms with Crippen LogP contribution in [0.4, 0.5) is 0 Å². The van der Waals surface area contributed by atoms with E-state index in [2.05, 4.69) is 15.3 Å². The summed E-state index contributed by atoms with van der Waals surface area (Å²) in [6, 6.07) is 8.52. The molecule has 1 unspecified atom stereocenters. The number of nitrogens with zero attached hydrogens (tertiary/aromatic N) is 4. The van der Waals surface area contributed by atoms with E-state index in [0.717, 1.165) is 16.6 Å². The van der Waals surface area contributed by atoms with Gasteiger partial charge in [-0.3, -0.25) is 9.78 Å². The van der Waals surface area contributed by atoms with Crippen LogP contribution in [0, 0.1) is 0 Å². The fourth-order valence-corrected chi connectivity index (χ4v) is 2.11. The number of pyridine rings is 1. The molecule has 0 aliphatic carbocycles. The first-order chi connectivity index (χ1) is 10.1. The highest BCUT2D eigenvalue weighted by atomic mass is 16.4. The molecule has 0 bridgehead atoms. The Kier molecular flexibility index (Phi) is 3.33. The largest absolute Gasteiger partial charge is 0.480 e. The van der Waals surface area contributed by atoms with Gasteiger partial charge in [0.1, 0.15) is 6.04 Å². The maximum atomic E-state index is 10.8. The van der Waals surface area contributed by atoms with Crippen molar-refractivity contribution in [2.75, 3.05) is 0 Å². The molecule has 3 N–H and O–H groups in total. The van der Waals surface area contributed by atoms with Crippen molar-refractivity contribution in [2.24, 2.45) is 5.73 Å². The van der Waals surface area contributed by atoms with Gasteiger partial charge in [-0.1, -0.05) is 11.3 Å². The molecule has 3 rings (SSSR count). The van der Waals surface area contributed by atoms with Crippen LogP contribution >= 0.6 is 0 Å². The lowest BCUT2D eigenvalue weighted by atomic mass is 10.1. The predicted molar refractivity (Wildman–Crippen MR) is 76.0 cm³/mol. The minimum atomic E-state index is -1.06. The summed E-state index contributed by atoms with van der Waals surface area (Å²) in [5.41, 5.74) is 7.73. The maximum absolute atomic E-state index is 10.8. The number of fused-ring (bicyclic) bond motifs is 1. The molecule has 7 nitrogen and oxygen atoms in total. The number of carboxylic acid groups (broad SMARTS) is 1. The van der Waals surface area contributed by atoms with Gasteiger partial charge in [0.25, 0.3) is 0 Å². The number of hydrogen-bond donors (Lipinski definition) is 2. The fraction of sp³-hybridized carbons (Fsp3) is 0.143. The Bertz CT molecular complexity index is 793. The SMILES string of the molecule is NC(Cc1cn(-c2cccc3ncccc23)nn1)C(=O)O. The molecule has 0 spiro atoms. The second-order valence-electron chi connectivity index (χ2n) is 4.65. The molecular formula is C14H13N5O2. The molecule has 1 aromatic carbocycles. The summed E-state index contributed by atoms with van der Waals surface area (Å²) in [5, 5.41) is 17.8. The van der Waals surface area contributed by atoms with Crippen LogP contribution in [0.15, 0.2) is 42.7 Å². The van der Waals surface area contributed by atoms with E-state index in [1.807, 2.05) is 30.3 Å². The quantitative estimate of drug-likeness (QED) is 0.732. The zero-order chi connectivity index (χ0) is 14.8. The van der Waals surface area contributed by atoms with Crippen molar-refractivity contribution in [1.82, 2.24) is 20.0 Å². The van der Waals surface area contributed by atoms with Gasteiger partial charge in [-0.25, -0.2) is 4.68 Å². The molecule has 0 radical (unpaired) electrons. The molecule has 0 saturated carbocycles. The van der Waals surface area contributed by atoms with Crippen LogP contribution in [0.3, 0.4) is 0 Å². The lowest BCUT2D eigenvalue weighted by Gasteiger charge is -2.04. The van der Waals surface area contributed by atoms with Gasteiger partial charge in [0.15, 0.2) is 0 Å². The van der Waals surface area contributed by atoms with Crippen LogP contribution in [0.2, 0.25) is 0 Å². The Balaban J connectivity index is 1.97. The standard InChI is InChI=1S/C14H13N5O2/c15-11(14(20)21)7-9-8-19(18-17-9)13-5-1-4-12-10(13)3-2-6-16-12/h1-6,8,11H,7,15H2,(H,20,21). The number of carbonyl (C=O) groups is 1. The number of benzene rings is 1. The summed E-state index contributed by atoms with van der Waals surface area (Å²) >= 11 is 0. The van der Waals surface area contributed by atoms with Gasteiger partial charge in [0.2, 0.25) is 0 Å². The number of aromatic nitrogens is 4. The van der Waals surface area contributed by atoms with Gasteiger partial charge >= 0.3 is 5.97 Å². The minimum Gasteiger partial charge on any atom is -0.480 e. The number of hydrogen-bond acceptors (Lipinski definition) is 5. The van der Waals surface area contributed by atoms with E-state index >= 15 is 0 Å². The highest BCUT2D eigenvalue weighted by Crippen LogP contribution is 2.19. The first-order valence-electron chi connectivity index (χ1n) is 6.39. The Hall–Kier alpha value is -2.80. The molecule has 2 heterocycles. The molecule has 0 saturated heterocycles. The van der Waals surface area contributed by atoms with Gasteiger partial charge in [-0.05, 0) is 24.3 Å². The molecule has 7 heteroatoms. The number of nitrogens with two attached hydrogens (primary N) is 1. The van der Waals surface area contributed by atoms with Crippen LogP contribution < -0.4 is 5.73 Å². The van der Waals surface area contributed by atoms with Crippen molar-refractivity contribution < 1.29 is 9.90 Å². The molecule has 3 aromatic rings. The smallest absolute Gasteiger partial charge is 0.320 e. The number of rotatable bonds is 4. The topological polar surface area (TPSA) is 107 Å². The molecule has 0 amide bonds. The summed E-state index contributed by atoms with van der Waals surface area (Å²) in [6.45, 7) is 0. The first kappa shape index (κ1) is 13.2. The second kappa shape index (κ2) is 5.29. The minimum absolute atomic E-state index is 0.137. The van der Waals surface area contributed by atoms with Crippen LogP contribution in [0.25, 0.3) is 16.6 Å². The molecule has 21 heavy (non-hydrogen) atoms. The van der Waals surface area contributed by atoms with Crippen LogP contribution in [-0.4, -0.2) is 37.1 Å². The van der Waals surface area contributed by atoms with Gasteiger partial charge in [0, 0.05) is 18.0 Å². The third-order valence-corrected chi connectivity index (χ3v) is 3.16. The first-order valence-corrected chi connectivity index (χ1v) is 6.39. The Morgan fingerprint density at radius 2 is 2.19 bits per heavy atom. The van der Waals surface area contributed by atoms with Crippen molar-refractivity contribution >= 4 is 16.9 Å². The van der Waals surface area contributed by atoms with E-state index in [1.165, 1.54) is 0 Å². The maximum Gasteiger partial charge on any atom is 0.320 e. The molecule has 2 aromatic heterocycles. The molecule has 106 valence electrons. The molecular weight excluding hydrogens is 270 g/mol. The lowest BCUT2D eigenvalue weighted by molar-refractivity contribution is -0.138. The van der Waals surface area contributed by atoms with E-state index in [9.17, 15) is 4.79 Å². The molecule has 0 aliphatic rings. The van der Waals surface area contributed by atoms with Crippen molar-refractivity contribution in [3.63, 3.8) is 0 Å². The zero-order valence-corrected chi connectivity index (χ0v) is 11.0. The summed E-state index contributed by atoms with van der Waals surface area (Å²) in [6.07, 6.45) is 3.55. The third kappa shape index (κ3) is 2.59. The average molecular weight is 283 g/mol. The van der Waals surface area contributed by atoms with Gasteiger partial charge < -0.3 is 10.8 Å².